The molecule has 0 radical (unpaired) electrons. The van der Waals surface area contributed by atoms with Gasteiger partial charge in [0.15, 0.2) is 0 Å². The first-order valence-electron chi connectivity index (χ1n) is 7.59. The minimum atomic E-state index is -3.47. The molecule has 6 heteroatoms. The fourth-order valence-corrected chi connectivity index (χ4v) is 3.73. The molecule has 0 saturated carbocycles. The Morgan fingerprint density at radius 1 is 1.08 bits per heavy atom. The summed E-state index contributed by atoms with van der Waals surface area (Å²) in [6, 6.07) is 14.8. The number of aryl methyl sites for hydroxylation is 2. The van der Waals surface area contributed by atoms with Crippen LogP contribution in [0.25, 0.3) is 11.3 Å². The number of imidazole rings is 1. The van der Waals surface area contributed by atoms with E-state index in [9.17, 15) is 8.42 Å². The van der Waals surface area contributed by atoms with Crippen LogP contribution in [0.3, 0.4) is 0 Å². The van der Waals surface area contributed by atoms with Crippen molar-refractivity contribution < 1.29 is 8.42 Å². The number of nitrogens with zero attached hydrogens (tertiary/aromatic N) is 1. The number of aromatic amines is 1. The highest BCUT2D eigenvalue weighted by Gasteiger charge is 2.12. The smallest absolute Gasteiger partial charge is 0.236 e. The zero-order valence-corrected chi connectivity index (χ0v) is 14.4. The third-order valence-corrected chi connectivity index (χ3v) is 4.85. The Morgan fingerprint density at radius 2 is 1.88 bits per heavy atom. The summed E-state index contributed by atoms with van der Waals surface area (Å²) in [5, 5.41) is 0. The predicted molar refractivity (Wildman–Crippen MR) is 96.2 cm³/mol. The van der Waals surface area contributed by atoms with E-state index in [1.165, 1.54) is 0 Å². The van der Waals surface area contributed by atoms with Crippen molar-refractivity contribution in [3.63, 3.8) is 0 Å². The fourth-order valence-electron chi connectivity index (χ4n) is 2.55. The van der Waals surface area contributed by atoms with Crippen LogP contribution in [0.1, 0.15) is 17.0 Å². The van der Waals surface area contributed by atoms with E-state index in [0.29, 0.717) is 5.69 Å². The second-order valence-corrected chi connectivity index (χ2v) is 7.54. The molecular formula is C18H19N3O2S. The SMILES string of the molecule is Cc1cccc(CS(=O)(=O)Nc2cccc(-c3cnc(C)[nH]3)c2)c1. The largest absolute Gasteiger partial charge is 0.342 e. The monoisotopic (exact) mass is 341 g/mol. The summed E-state index contributed by atoms with van der Waals surface area (Å²) in [6.45, 7) is 3.82. The fraction of sp³-hybridized carbons (Fsp3) is 0.167. The highest BCUT2D eigenvalue weighted by atomic mass is 32.2. The zero-order chi connectivity index (χ0) is 17.2. The molecule has 0 aliphatic carbocycles. The molecule has 0 aliphatic heterocycles. The number of hydrogen-bond acceptors (Lipinski definition) is 3. The van der Waals surface area contributed by atoms with Crippen molar-refractivity contribution in [3.05, 3.63) is 71.7 Å². The van der Waals surface area contributed by atoms with Crippen molar-refractivity contribution in [2.24, 2.45) is 0 Å². The summed E-state index contributed by atoms with van der Waals surface area (Å²) >= 11 is 0. The van der Waals surface area contributed by atoms with E-state index in [4.69, 9.17) is 0 Å². The van der Waals surface area contributed by atoms with Crippen LogP contribution >= 0.6 is 0 Å². The van der Waals surface area contributed by atoms with Gasteiger partial charge in [-0.05, 0) is 31.5 Å². The quantitative estimate of drug-likeness (QED) is 0.744. The maximum absolute atomic E-state index is 12.4. The van der Waals surface area contributed by atoms with Crippen LogP contribution in [0, 0.1) is 13.8 Å². The molecule has 0 atom stereocenters. The lowest BCUT2D eigenvalue weighted by molar-refractivity contribution is 0.600. The number of benzene rings is 2. The molecule has 2 aromatic carbocycles. The standard InChI is InChI=1S/C18H19N3O2S/c1-13-5-3-6-15(9-13)12-24(22,23)21-17-8-4-7-16(10-17)18-11-19-14(2)20-18/h3-11,21H,12H2,1-2H3,(H,19,20). The van der Waals surface area contributed by atoms with Crippen molar-refractivity contribution in [2.45, 2.75) is 19.6 Å². The van der Waals surface area contributed by atoms with E-state index in [1.807, 2.05) is 50.2 Å². The van der Waals surface area contributed by atoms with Gasteiger partial charge in [-0.15, -0.1) is 0 Å². The molecule has 2 N–H and O–H groups in total. The summed E-state index contributed by atoms with van der Waals surface area (Å²) < 4.78 is 27.4. The number of H-pyrrole nitrogens is 1. The number of nitrogens with one attached hydrogen (secondary N) is 2. The molecule has 0 saturated heterocycles. The van der Waals surface area contributed by atoms with Crippen LogP contribution in [0.2, 0.25) is 0 Å². The minimum absolute atomic E-state index is 0.0535. The average molecular weight is 341 g/mol. The topological polar surface area (TPSA) is 74.8 Å². The number of aromatic nitrogens is 2. The van der Waals surface area contributed by atoms with Crippen LogP contribution in [0.5, 0.6) is 0 Å². The van der Waals surface area contributed by atoms with Gasteiger partial charge in [0.1, 0.15) is 5.82 Å². The molecule has 1 heterocycles. The molecule has 0 unspecified atom stereocenters. The summed E-state index contributed by atoms with van der Waals surface area (Å²) in [4.78, 5) is 7.31. The molecule has 0 amide bonds. The molecule has 0 bridgehead atoms. The van der Waals surface area contributed by atoms with Gasteiger partial charge >= 0.3 is 0 Å². The molecule has 5 nitrogen and oxygen atoms in total. The third kappa shape index (κ3) is 4.02. The second kappa shape index (κ2) is 6.49. The van der Waals surface area contributed by atoms with Crippen molar-refractivity contribution in [1.82, 2.24) is 9.97 Å². The minimum Gasteiger partial charge on any atom is -0.342 e. The average Bonchev–Trinajstić information content (AvgIpc) is 2.93. The molecule has 24 heavy (non-hydrogen) atoms. The van der Waals surface area contributed by atoms with Crippen LogP contribution < -0.4 is 4.72 Å². The van der Waals surface area contributed by atoms with Gasteiger partial charge in [0.05, 0.1) is 17.6 Å². The van der Waals surface area contributed by atoms with Gasteiger partial charge in [-0.25, -0.2) is 13.4 Å². The summed E-state index contributed by atoms with van der Waals surface area (Å²) in [7, 11) is -3.47. The molecular weight excluding hydrogens is 322 g/mol. The van der Waals surface area contributed by atoms with Gasteiger partial charge < -0.3 is 4.98 Å². The summed E-state index contributed by atoms with van der Waals surface area (Å²) in [5.74, 6) is 0.762. The van der Waals surface area contributed by atoms with E-state index in [1.54, 1.807) is 18.3 Å². The first-order valence-corrected chi connectivity index (χ1v) is 9.25. The van der Waals surface area contributed by atoms with Gasteiger partial charge in [-0.3, -0.25) is 4.72 Å². The summed E-state index contributed by atoms with van der Waals surface area (Å²) in [6.07, 6.45) is 1.73. The Balaban J connectivity index is 1.80. The Morgan fingerprint density at radius 3 is 2.58 bits per heavy atom. The Hall–Kier alpha value is -2.60. The lowest BCUT2D eigenvalue weighted by Gasteiger charge is -2.09. The van der Waals surface area contributed by atoms with E-state index >= 15 is 0 Å². The van der Waals surface area contributed by atoms with E-state index < -0.39 is 10.0 Å². The predicted octanol–water partition coefficient (Wildman–Crippen LogP) is 3.64. The van der Waals surface area contributed by atoms with E-state index in [2.05, 4.69) is 14.7 Å². The van der Waals surface area contributed by atoms with Crippen LogP contribution in [-0.2, 0) is 15.8 Å². The van der Waals surface area contributed by atoms with Gasteiger partial charge in [0, 0.05) is 11.3 Å². The van der Waals surface area contributed by atoms with E-state index in [0.717, 1.165) is 28.2 Å². The normalized spacial score (nSPS) is 11.4. The van der Waals surface area contributed by atoms with Crippen LogP contribution in [-0.4, -0.2) is 18.4 Å². The number of anilines is 1. The van der Waals surface area contributed by atoms with Gasteiger partial charge in [0.2, 0.25) is 10.0 Å². The van der Waals surface area contributed by atoms with Crippen molar-refractivity contribution in [2.75, 3.05) is 4.72 Å². The first-order chi connectivity index (χ1) is 11.4. The van der Waals surface area contributed by atoms with Crippen molar-refractivity contribution in [1.29, 1.82) is 0 Å². The van der Waals surface area contributed by atoms with Crippen LogP contribution in [0.15, 0.2) is 54.7 Å². The number of sulfonamides is 1. The molecule has 1 aromatic heterocycles. The van der Waals surface area contributed by atoms with Gasteiger partial charge in [-0.2, -0.15) is 0 Å². The number of rotatable bonds is 5. The molecule has 0 fully saturated rings. The highest BCUT2D eigenvalue weighted by molar-refractivity contribution is 7.91. The Bertz CT molecular complexity index is 962. The maximum Gasteiger partial charge on any atom is 0.236 e. The Labute approximate surface area is 141 Å². The molecule has 0 spiro atoms. The first kappa shape index (κ1) is 16.3. The van der Waals surface area contributed by atoms with Gasteiger partial charge in [0.25, 0.3) is 0 Å². The van der Waals surface area contributed by atoms with Crippen LogP contribution in [0.4, 0.5) is 5.69 Å². The van der Waals surface area contributed by atoms with E-state index in [-0.39, 0.29) is 5.75 Å². The second-order valence-electron chi connectivity index (χ2n) is 5.81. The summed E-state index contributed by atoms with van der Waals surface area (Å²) in [5.41, 5.74) is 4.08. The molecule has 3 aromatic rings. The zero-order valence-electron chi connectivity index (χ0n) is 13.6. The molecule has 124 valence electrons. The third-order valence-electron chi connectivity index (χ3n) is 3.59. The van der Waals surface area contributed by atoms with Crippen molar-refractivity contribution in [3.8, 4) is 11.3 Å². The molecule has 0 aliphatic rings. The molecule has 3 rings (SSSR count). The maximum atomic E-state index is 12.4. The lowest BCUT2D eigenvalue weighted by Crippen LogP contribution is -2.15. The highest BCUT2D eigenvalue weighted by Crippen LogP contribution is 2.22. The lowest BCUT2D eigenvalue weighted by atomic mass is 10.1. The van der Waals surface area contributed by atoms with Crippen molar-refractivity contribution >= 4 is 15.7 Å². The number of hydrogen-bond donors (Lipinski definition) is 2. The van der Waals surface area contributed by atoms with Gasteiger partial charge in [-0.1, -0.05) is 42.0 Å². The Kier molecular flexibility index (Phi) is 4.40.